The SMILES string of the molecule is COc1ccc(C)cc1-n1c(N)nc2ccc(C#N)cc21. The van der Waals surface area contributed by atoms with E-state index < -0.39 is 0 Å². The number of nitrogen functional groups attached to an aromatic ring is 1. The molecule has 5 heteroatoms. The molecule has 0 spiro atoms. The first kappa shape index (κ1) is 13.0. The molecule has 0 aliphatic carbocycles. The molecular weight excluding hydrogens is 264 g/mol. The first-order valence-corrected chi connectivity index (χ1v) is 6.47. The van der Waals surface area contributed by atoms with Crippen LogP contribution in [0.2, 0.25) is 0 Å². The van der Waals surface area contributed by atoms with Crippen LogP contribution >= 0.6 is 0 Å². The lowest BCUT2D eigenvalue weighted by molar-refractivity contribution is 0.413. The molecule has 0 saturated heterocycles. The molecule has 3 aromatic rings. The lowest BCUT2D eigenvalue weighted by atomic mass is 10.2. The molecule has 0 saturated carbocycles. The maximum absolute atomic E-state index is 9.07. The van der Waals surface area contributed by atoms with Gasteiger partial charge in [0, 0.05) is 0 Å². The van der Waals surface area contributed by atoms with Crippen molar-refractivity contribution in [1.82, 2.24) is 9.55 Å². The molecular formula is C16H14N4O. The molecule has 0 amide bonds. The molecule has 5 nitrogen and oxygen atoms in total. The summed E-state index contributed by atoms with van der Waals surface area (Å²) < 4.78 is 7.22. The Morgan fingerprint density at radius 3 is 2.76 bits per heavy atom. The molecule has 0 radical (unpaired) electrons. The number of anilines is 1. The summed E-state index contributed by atoms with van der Waals surface area (Å²) in [5.41, 5.74) is 10.1. The van der Waals surface area contributed by atoms with Gasteiger partial charge in [0.2, 0.25) is 5.95 Å². The number of methoxy groups -OCH3 is 1. The average Bonchev–Trinajstić information content (AvgIpc) is 2.81. The Hall–Kier alpha value is -3.00. The Morgan fingerprint density at radius 1 is 1.24 bits per heavy atom. The highest BCUT2D eigenvalue weighted by Crippen LogP contribution is 2.30. The fourth-order valence-electron chi connectivity index (χ4n) is 2.39. The predicted octanol–water partition coefficient (Wildman–Crippen LogP) is 2.80. The number of hydrogen-bond acceptors (Lipinski definition) is 4. The van der Waals surface area contributed by atoms with Gasteiger partial charge < -0.3 is 10.5 Å². The van der Waals surface area contributed by atoms with Crippen LogP contribution in [0.5, 0.6) is 5.75 Å². The third kappa shape index (κ3) is 2.07. The van der Waals surface area contributed by atoms with Crippen molar-refractivity contribution in [3.63, 3.8) is 0 Å². The van der Waals surface area contributed by atoms with Crippen LogP contribution in [0.25, 0.3) is 16.7 Å². The van der Waals surface area contributed by atoms with E-state index >= 15 is 0 Å². The van der Waals surface area contributed by atoms with E-state index in [1.54, 1.807) is 25.3 Å². The van der Waals surface area contributed by atoms with E-state index in [4.69, 9.17) is 15.7 Å². The van der Waals surface area contributed by atoms with Crippen LogP contribution in [0.4, 0.5) is 5.95 Å². The standard InChI is InChI=1S/C16H14N4O/c1-10-3-6-15(21-2)14(7-10)20-13-8-11(9-17)4-5-12(13)19-16(20)18/h3-8H,1-2H3,(H2,18,19). The number of imidazole rings is 1. The van der Waals surface area contributed by atoms with E-state index in [2.05, 4.69) is 11.1 Å². The largest absolute Gasteiger partial charge is 0.495 e. The lowest BCUT2D eigenvalue weighted by Crippen LogP contribution is -2.03. The van der Waals surface area contributed by atoms with Gasteiger partial charge in [0.05, 0.1) is 35.5 Å². The summed E-state index contributed by atoms with van der Waals surface area (Å²) in [7, 11) is 1.62. The highest BCUT2D eigenvalue weighted by atomic mass is 16.5. The molecule has 0 fully saturated rings. The molecule has 2 aromatic carbocycles. The van der Waals surface area contributed by atoms with Gasteiger partial charge in [-0.25, -0.2) is 4.98 Å². The summed E-state index contributed by atoms with van der Waals surface area (Å²) >= 11 is 0. The van der Waals surface area contributed by atoms with Crippen LogP contribution in [0.3, 0.4) is 0 Å². The number of fused-ring (bicyclic) bond motifs is 1. The van der Waals surface area contributed by atoms with Crippen molar-refractivity contribution in [2.24, 2.45) is 0 Å². The number of hydrogen-bond donors (Lipinski definition) is 1. The van der Waals surface area contributed by atoms with Crippen molar-refractivity contribution in [3.8, 4) is 17.5 Å². The van der Waals surface area contributed by atoms with Crippen molar-refractivity contribution >= 4 is 17.0 Å². The van der Waals surface area contributed by atoms with Crippen molar-refractivity contribution < 1.29 is 4.74 Å². The minimum atomic E-state index is 0.365. The van der Waals surface area contributed by atoms with E-state index in [1.807, 2.05) is 29.7 Å². The topological polar surface area (TPSA) is 76.9 Å². The van der Waals surface area contributed by atoms with Crippen molar-refractivity contribution in [2.75, 3.05) is 12.8 Å². The van der Waals surface area contributed by atoms with Crippen molar-refractivity contribution in [1.29, 1.82) is 5.26 Å². The van der Waals surface area contributed by atoms with Crippen LogP contribution < -0.4 is 10.5 Å². The summed E-state index contributed by atoms with van der Waals surface area (Å²) in [5.74, 6) is 1.07. The maximum atomic E-state index is 9.07. The number of nitriles is 1. The van der Waals surface area contributed by atoms with Gasteiger partial charge in [-0.1, -0.05) is 6.07 Å². The van der Waals surface area contributed by atoms with Crippen LogP contribution in [-0.4, -0.2) is 16.7 Å². The zero-order chi connectivity index (χ0) is 15.0. The average molecular weight is 278 g/mol. The second kappa shape index (κ2) is 4.84. The zero-order valence-electron chi connectivity index (χ0n) is 11.8. The molecule has 0 bridgehead atoms. The third-order valence-electron chi connectivity index (χ3n) is 3.38. The smallest absolute Gasteiger partial charge is 0.206 e. The van der Waals surface area contributed by atoms with Crippen molar-refractivity contribution in [2.45, 2.75) is 6.92 Å². The fourth-order valence-corrected chi connectivity index (χ4v) is 2.39. The zero-order valence-corrected chi connectivity index (χ0v) is 11.8. The van der Waals surface area contributed by atoms with E-state index in [1.165, 1.54) is 0 Å². The maximum Gasteiger partial charge on any atom is 0.206 e. The first-order valence-electron chi connectivity index (χ1n) is 6.47. The summed E-state index contributed by atoms with van der Waals surface area (Å²) in [4.78, 5) is 4.35. The van der Waals surface area contributed by atoms with Crippen LogP contribution in [0.1, 0.15) is 11.1 Å². The Labute approximate surface area is 122 Å². The molecule has 21 heavy (non-hydrogen) atoms. The van der Waals surface area contributed by atoms with Crippen LogP contribution in [0, 0.1) is 18.3 Å². The van der Waals surface area contributed by atoms with Gasteiger partial charge in [0.15, 0.2) is 0 Å². The van der Waals surface area contributed by atoms with Gasteiger partial charge in [-0.05, 0) is 42.8 Å². The van der Waals surface area contributed by atoms with Gasteiger partial charge >= 0.3 is 0 Å². The molecule has 0 aliphatic rings. The number of benzene rings is 2. The number of nitrogens with two attached hydrogens (primary N) is 1. The van der Waals surface area contributed by atoms with E-state index in [0.717, 1.165) is 22.3 Å². The molecule has 1 aromatic heterocycles. The third-order valence-corrected chi connectivity index (χ3v) is 3.38. The minimum absolute atomic E-state index is 0.365. The van der Waals surface area contributed by atoms with Crippen LogP contribution in [0.15, 0.2) is 36.4 Å². The molecule has 0 unspecified atom stereocenters. The number of rotatable bonds is 2. The summed E-state index contributed by atoms with van der Waals surface area (Å²) in [5, 5.41) is 9.07. The van der Waals surface area contributed by atoms with E-state index in [9.17, 15) is 0 Å². The minimum Gasteiger partial charge on any atom is -0.495 e. The Bertz CT molecular complexity index is 874. The number of aromatic nitrogens is 2. The van der Waals surface area contributed by atoms with E-state index in [0.29, 0.717) is 17.3 Å². The number of nitrogens with zero attached hydrogens (tertiary/aromatic N) is 3. The molecule has 0 aliphatic heterocycles. The monoisotopic (exact) mass is 278 g/mol. The van der Waals surface area contributed by atoms with Gasteiger partial charge in [-0.15, -0.1) is 0 Å². The molecule has 1 heterocycles. The summed E-state index contributed by atoms with van der Waals surface area (Å²) in [6, 6.07) is 13.3. The highest BCUT2D eigenvalue weighted by Gasteiger charge is 2.14. The van der Waals surface area contributed by atoms with Crippen LogP contribution in [-0.2, 0) is 0 Å². The van der Waals surface area contributed by atoms with Crippen molar-refractivity contribution in [3.05, 3.63) is 47.5 Å². The van der Waals surface area contributed by atoms with Gasteiger partial charge in [-0.3, -0.25) is 4.57 Å². The fraction of sp³-hybridized carbons (Fsp3) is 0.125. The van der Waals surface area contributed by atoms with E-state index in [-0.39, 0.29) is 0 Å². The Kier molecular flexibility index (Phi) is 2.99. The Balaban J connectivity index is 2.37. The second-order valence-corrected chi connectivity index (χ2v) is 4.80. The number of ether oxygens (including phenoxy) is 1. The van der Waals surface area contributed by atoms with Gasteiger partial charge in [-0.2, -0.15) is 5.26 Å². The Morgan fingerprint density at radius 2 is 2.05 bits per heavy atom. The highest BCUT2D eigenvalue weighted by molar-refractivity contribution is 5.83. The molecule has 2 N–H and O–H groups in total. The normalized spacial score (nSPS) is 10.5. The molecule has 0 atom stereocenters. The van der Waals surface area contributed by atoms with Gasteiger partial charge in [0.1, 0.15) is 5.75 Å². The summed E-state index contributed by atoms with van der Waals surface area (Å²) in [6.45, 7) is 2.00. The first-order chi connectivity index (χ1) is 10.1. The second-order valence-electron chi connectivity index (χ2n) is 4.80. The molecule has 3 rings (SSSR count). The number of aryl methyl sites for hydroxylation is 1. The van der Waals surface area contributed by atoms with Gasteiger partial charge in [0.25, 0.3) is 0 Å². The predicted molar refractivity (Wildman–Crippen MR) is 81.5 cm³/mol. The molecule has 104 valence electrons. The summed E-state index contributed by atoms with van der Waals surface area (Å²) in [6.07, 6.45) is 0. The lowest BCUT2D eigenvalue weighted by Gasteiger charge is -2.12. The quantitative estimate of drug-likeness (QED) is 0.782.